The van der Waals surface area contributed by atoms with Gasteiger partial charge in [0.05, 0.1) is 4.90 Å². The molecule has 7 heteroatoms. The number of thiophene rings is 1. The first-order valence-corrected chi connectivity index (χ1v) is 8.94. The van der Waals surface area contributed by atoms with Gasteiger partial charge in [0.2, 0.25) is 10.0 Å². The second-order valence-electron chi connectivity index (χ2n) is 4.48. The third-order valence-corrected chi connectivity index (χ3v) is 5.73. The topological polar surface area (TPSA) is 55.4 Å². The summed E-state index contributed by atoms with van der Waals surface area (Å²) in [5, 5.41) is 0.498. The van der Waals surface area contributed by atoms with Crippen LogP contribution in [0.3, 0.4) is 0 Å². The van der Waals surface area contributed by atoms with E-state index in [1.54, 1.807) is 30.6 Å². The Balaban J connectivity index is 2.08. The van der Waals surface area contributed by atoms with Crippen molar-refractivity contribution in [3.05, 3.63) is 51.2 Å². The first-order chi connectivity index (χ1) is 9.92. The first kappa shape index (κ1) is 16.5. The van der Waals surface area contributed by atoms with Gasteiger partial charge in [-0.2, -0.15) is 0 Å². The molecule has 4 nitrogen and oxygen atoms in total. The van der Waals surface area contributed by atoms with E-state index in [-0.39, 0.29) is 17.5 Å². The minimum atomic E-state index is -3.57. The van der Waals surface area contributed by atoms with Crippen molar-refractivity contribution >= 4 is 33.0 Å². The molecule has 1 N–H and O–H groups in total. The summed E-state index contributed by atoms with van der Waals surface area (Å²) in [6.07, 6.45) is -0.300. The molecule has 0 fully saturated rings. The molecule has 0 spiro atoms. The lowest BCUT2D eigenvalue weighted by Crippen LogP contribution is -2.29. The standard InChI is InChI=1S/C14H16ClNO3S2/c1-10-3-8-14(20-10)13(19-2)9-16-21(17,18)12-6-4-11(15)5-7-12/h3-8,13,16H,9H2,1-2H3. The van der Waals surface area contributed by atoms with Gasteiger partial charge in [0.1, 0.15) is 6.10 Å². The number of rotatable bonds is 6. The largest absolute Gasteiger partial charge is 0.375 e. The van der Waals surface area contributed by atoms with Crippen LogP contribution < -0.4 is 4.72 Å². The fraction of sp³-hybridized carbons (Fsp3) is 0.286. The average molecular weight is 346 g/mol. The lowest BCUT2D eigenvalue weighted by Gasteiger charge is -2.15. The summed E-state index contributed by atoms with van der Waals surface area (Å²) in [6.45, 7) is 2.18. The Morgan fingerprint density at radius 3 is 2.43 bits per heavy atom. The number of sulfonamides is 1. The van der Waals surface area contributed by atoms with E-state index in [1.165, 1.54) is 12.1 Å². The third-order valence-electron chi connectivity index (χ3n) is 2.95. The van der Waals surface area contributed by atoms with Crippen molar-refractivity contribution in [2.45, 2.75) is 17.9 Å². The van der Waals surface area contributed by atoms with Crippen molar-refractivity contribution in [3.63, 3.8) is 0 Å². The van der Waals surface area contributed by atoms with E-state index in [2.05, 4.69) is 4.72 Å². The molecular formula is C14H16ClNO3S2. The Bertz CT molecular complexity index is 695. The first-order valence-electron chi connectivity index (χ1n) is 6.27. The molecular weight excluding hydrogens is 330 g/mol. The summed E-state index contributed by atoms with van der Waals surface area (Å²) in [7, 11) is -2.00. The Kier molecular flexibility index (Phi) is 5.40. The molecule has 1 heterocycles. The molecule has 114 valence electrons. The van der Waals surface area contributed by atoms with E-state index in [4.69, 9.17) is 16.3 Å². The van der Waals surface area contributed by atoms with Crippen LogP contribution in [0.15, 0.2) is 41.3 Å². The van der Waals surface area contributed by atoms with E-state index < -0.39 is 10.0 Å². The van der Waals surface area contributed by atoms with Crippen LogP contribution in [0, 0.1) is 6.92 Å². The molecule has 2 rings (SSSR count). The van der Waals surface area contributed by atoms with E-state index in [1.807, 2.05) is 19.1 Å². The number of hydrogen-bond donors (Lipinski definition) is 1. The Morgan fingerprint density at radius 1 is 1.24 bits per heavy atom. The highest BCUT2D eigenvalue weighted by Crippen LogP contribution is 2.25. The van der Waals surface area contributed by atoms with Crippen LogP contribution in [0.5, 0.6) is 0 Å². The van der Waals surface area contributed by atoms with E-state index in [9.17, 15) is 8.42 Å². The van der Waals surface area contributed by atoms with Gasteiger partial charge in [0, 0.05) is 28.4 Å². The third kappa shape index (κ3) is 4.28. The van der Waals surface area contributed by atoms with Gasteiger partial charge in [0.25, 0.3) is 0 Å². The molecule has 0 amide bonds. The highest BCUT2D eigenvalue weighted by Gasteiger charge is 2.18. The van der Waals surface area contributed by atoms with Gasteiger partial charge in [0.15, 0.2) is 0 Å². The lowest BCUT2D eigenvalue weighted by molar-refractivity contribution is 0.110. The second kappa shape index (κ2) is 6.89. The van der Waals surface area contributed by atoms with Gasteiger partial charge in [-0.3, -0.25) is 0 Å². The average Bonchev–Trinajstić information content (AvgIpc) is 2.86. The summed E-state index contributed by atoms with van der Waals surface area (Å²) in [5.41, 5.74) is 0. The molecule has 1 unspecified atom stereocenters. The highest BCUT2D eigenvalue weighted by atomic mass is 35.5. The van der Waals surface area contributed by atoms with Crippen molar-refractivity contribution in [1.82, 2.24) is 4.72 Å². The normalized spacial score (nSPS) is 13.3. The summed E-state index contributed by atoms with van der Waals surface area (Å²) >= 11 is 7.35. The number of aryl methyl sites for hydroxylation is 1. The maximum Gasteiger partial charge on any atom is 0.240 e. The zero-order valence-electron chi connectivity index (χ0n) is 11.7. The zero-order chi connectivity index (χ0) is 15.5. The quantitative estimate of drug-likeness (QED) is 0.873. The molecule has 0 radical (unpaired) electrons. The van der Waals surface area contributed by atoms with Crippen molar-refractivity contribution in [3.8, 4) is 0 Å². The van der Waals surface area contributed by atoms with Crippen molar-refractivity contribution in [1.29, 1.82) is 0 Å². The summed E-state index contributed by atoms with van der Waals surface area (Å²) < 4.78 is 32.3. The highest BCUT2D eigenvalue weighted by molar-refractivity contribution is 7.89. The van der Waals surface area contributed by atoms with Crippen LogP contribution in [0.4, 0.5) is 0 Å². The van der Waals surface area contributed by atoms with Crippen LogP contribution in [-0.4, -0.2) is 22.1 Å². The predicted molar refractivity (Wildman–Crippen MR) is 85.4 cm³/mol. The van der Waals surface area contributed by atoms with Crippen LogP contribution in [-0.2, 0) is 14.8 Å². The van der Waals surface area contributed by atoms with E-state index >= 15 is 0 Å². The maximum atomic E-state index is 12.2. The van der Waals surface area contributed by atoms with Gasteiger partial charge < -0.3 is 4.74 Å². The Morgan fingerprint density at radius 2 is 1.90 bits per heavy atom. The molecule has 0 aliphatic heterocycles. The lowest BCUT2D eigenvalue weighted by atomic mass is 10.3. The maximum absolute atomic E-state index is 12.2. The minimum absolute atomic E-state index is 0.182. The Hall–Kier alpha value is -0.920. The fourth-order valence-electron chi connectivity index (χ4n) is 1.81. The fourth-order valence-corrected chi connectivity index (χ4v) is 3.92. The minimum Gasteiger partial charge on any atom is -0.375 e. The van der Waals surface area contributed by atoms with Crippen LogP contribution in [0.1, 0.15) is 15.9 Å². The van der Waals surface area contributed by atoms with Crippen LogP contribution >= 0.6 is 22.9 Å². The Labute approximate surface area is 133 Å². The van der Waals surface area contributed by atoms with Crippen LogP contribution in [0.2, 0.25) is 5.02 Å². The number of benzene rings is 1. The molecule has 0 aliphatic rings. The molecule has 2 aromatic rings. The van der Waals surface area contributed by atoms with Gasteiger partial charge in [-0.15, -0.1) is 11.3 Å². The molecule has 1 atom stereocenters. The molecule has 1 aromatic heterocycles. The van der Waals surface area contributed by atoms with E-state index in [0.29, 0.717) is 5.02 Å². The van der Waals surface area contributed by atoms with Crippen molar-refractivity contribution in [2.75, 3.05) is 13.7 Å². The summed E-state index contributed by atoms with van der Waals surface area (Å²) in [4.78, 5) is 2.34. The smallest absolute Gasteiger partial charge is 0.240 e. The van der Waals surface area contributed by atoms with Crippen molar-refractivity contribution < 1.29 is 13.2 Å². The monoisotopic (exact) mass is 345 g/mol. The molecule has 1 aromatic carbocycles. The number of methoxy groups -OCH3 is 1. The SMILES string of the molecule is COC(CNS(=O)(=O)c1ccc(Cl)cc1)c1ccc(C)s1. The molecule has 0 saturated heterocycles. The van der Waals surface area contributed by atoms with Crippen molar-refractivity contribution in [2.24, 2.45) is 0 Å². The van der Waals surface area contributed by atoms with E-state index in [0.717, 1.165) is 9.75 Å². The number of halogens is 1. The summed E-state index contributed by atoms with van der Waals surface area (Å²) in [5.74, 6) is 0. The van der Waals surface area contributed by atoms with Gasteiger partial charge in [-0.05, 0) is 43.3 Å². The second-order valence-corrected chi connectivity index (χ2v) is 8.00. The zero-order valence-corrected chi connectivity index (χ0v) is 14.1. The molecule has 21 heavy (non-hydrogen) atoms. The number of ether oxygens (including phenoxy) is 1. The number of nitrogens with one attached hydrogen (secondary N) is 1. The van der Waals surface area contributed by atoms with Crippen LogP contribution in [0.25, 0.3) is 0 Å². The molecule has 0 bridgehead atoms. The van der Waals surface area contributed by atoms with Gasteiger partial charge >= 0.3 is 0 Å². The van der Waals surface area contributed by atoms with Gasteiger partial charge in [-0.25, -0.2) is 13.1 Å². The number of hydrogen-bond acceptors (Lipinski definition) is 4. The van der Waals surface area contributed by atoms with Gasteiger partial charge in [-0.1, -0.05) is 11.6 Å². The predicted octanol–water partition coefficient (Wildman–Crippen LogP) is 3.38. The molecule has 0 saturated carbocycles. The summed E-state index contributed by atoms with van der Waals surface area (Å²) in [6, 6.07) is 9.98. The molecule has 0 aliphatic carbocycles.